The number of rotatable bonds is 0. The average Bonchev–Trinajstić information content (AvgIpc) is 2.60. The van der Waals surface area contributed by atoms with Crippen molar-refractivity contribution in [2.24, 2.45) is 0 Å². The fourth-order valence-electron chi connectivity index (χ4n) is 3.43. The van der Waals surface area contributed by atoms with Gasteiger partial charge in [-0.15, -0.1) is 0 Å². The molecule has 1 aliphatic rings. The lowest BCUT2D eigenvalue weighted by atomic mass is 9.87. The van der Waals surface area contributed by atoms with Gasteiger partial charge < -0.3 is 0 Å². The van der Waals surface area contributed by atoms with Crippen molar-refractivity contribution in [3.63, 3.8) is 0 Å². The number of hydrogen-bond acceptors (Lipinski definition) is 3. The molecule has 0 unspecified atom stereocenters. The highest BCUT2D eigenvalue weighted by Gasteiger charge is 2.34. The normalized spacial score (nSPS) is 20.2. The number of nitrogens with zero attached hydrogens (tertiary/aromatic N) is 3. The van der Waals surface area contributed by atoms with Crippen LogP contribution in [0.2, 0.25) is 0 Å². The smallest absolute Gasteiger partial charge is 0.125 e. The maximum absolute atomic E-state index is 9.68. The van der Waals surface area contributed by atoms with E-state index in [0.717, 1.165) is 33.4 Å². The third kappa shape index (κ3) is 1.91. The van der Waals surface area contributed by atoms with Crippen molar-refractivity contribution in [1.29, 1.82) is 10.5 Å². The first-order valence-corrected chi connectivity index (χ1v) is 7.30. The molecular weight excluding hydrogens is 270 g/mol. The van der Waals surface area contributed by atoms with E-state index in [2.05, 4.69) is 38.1 Å². The second kappa shape index (κ2) is 5.30. The average molecular weight is 287 g/mol. The zero-order valence-corrected chi connectivity index (χ0v) is 13.0. The molecule has 0 aromatic heterocycles. The van der Waals surface area contributed by atoms with Crippen LogP contribution in [-0.2, 0) is 0 Å². The van der Waals surface area contributed by atoms with Crippen LogP contribution in [0.5, 0.6) is 0 Å². The Morgan fingerprint density at radius 3 is 1.59 bits per heavy atom. The zero-order chi connectivity index (χ0) is 15.9. The molecule has 2 atom stereocenters. The summed E-state index contributed by atoms with van der Waals surface area (Å²) in [6, 6.07) is 16.0. The van der Waals surface area contributed by atoms with Crippen LogP contribution in [0.15, 0.2) is 36.4 Å². The molecule has 2 aromatic rings. The maximum atomic E-state index is 9.68. The van der Waals surface area contributed by atoms with Crippen LogP contribution in [0.3, 0.4) is 0 Å². The maximum Gasteiger partial charge on any atom is 0.125 e. The summed E-state index contributed by atoms with van der Waals surface area (Å²) in [5, 5.41) is 19.4. The fourth-order valence-corrected chi connectivity index (χ4v) is 3.43. The minimum Gasteiger partial charge on any atom is -0.268 e. The summed E-state index contributed by atoms with van der Waals surface area (Å²) in [7, 11) is 1.85. The summed E-state index contributed by atoms with van der Waals surface area (Å²) in [6.45, 7) is 4.13. The van der Waals surface area contributed by atoms with Crippen LogP contribution in [0.1, 0.15) is 34.3 Å². The Kier molecular flexibility index (Phi) is 3.45. The molecule has 1 heterocycles. The summed E-state index contributed by atoms with van der Waals surface area (Å²) < 4.78 is 0. The summed E-state index contributed by atoms with van der Waals surface area (Å²) in [5.74, 6) is 0. The Balaban J connectivity index is 2.47. The van der Waals surface area contributed by atoms with E-state index in [0.29, 0.717) is 0 Å². The fraction of sp³-hybridized carbons (Fsp3) is 0.263. The third-order valence-corrected chi connectivity index (χ3v) is 4.51. The molecule has 0 spiro atoms. The van der Waals surface area contributed by atoms with Crippen LogP contribution in [0, 0.1) is 36.5 Å². The van der Waals surface area contributed by atoms with Crippen LogP contribution in [0.4, 0.5) is 0 Å². The topological polar surface area (TPSA) is 50.8 Å². The predicted molar refractivity (Wildman–Crippen MR) is 85.8 cm³/mol. The third-order valence-electron chi connectivity index (χ3n) is 4.51. The van der Waals surface area contributed by atoms with Gasteiger partial charge in [-0.2, -0.15) is 10.5 Å². The molecule has 3 rings (SSSR count). The van der Waals surface area contributed by atoms with Crippen molar-refractivity contribution in [3.05, 3.63) is 58.7 Å². The van der Waals surface area contributed by atoms with Crippen LogP contribution in [-0.4, -0.2) is 11.9 Å². The summed E-state index contributed by atoms with van der Waals surface area (Å²) in [5.41, 5.74) is 6.45. The standard InChI is InChI=1S/C19H17N3/c1-12-6-4-8-14-16(10-20)22(3)17(11-21)15-9-5-7-13(2)19(15)18(12)14/h4-9,16-17H,1-3H3/t16-,17+. The highest BCUT2D eigenvalue weighted by atomic mass is 15.2. The molecule has 0 saturated heterocycles. The van der Waals surface area contributed by atoms with Gasteiger partial charge in [-0.05, 0) is 54.3 Å². The largest absolute Gasteiger partial charge is 0.268 e. The van der Waals surface area contributed by atoms with Gasteiger partial charge in [0.05, 0.1) is 12.1 Å². The molecule has 0 bridgehead atoms. The van der Waals surface area contributed by atoms with E-state index in [1.807, 2.05) is 36.2 Å². The molecule has 0 amide bonds. The Morgan fingerprint density at radius 2 is 1.23 bits per heavy atom. The van der Waals surface area contributed by atoms with Crippen molar-refractivity contribution in [2.45, 2.75) is 25.9 Å². The minimum atomic E-state index is -0.425. The van der Waals surface area contributed by atoms with Crippen molar-refractivity contribution >= 4 is 0 Å². The van der Waals surface area contributed by atoms with E-state index in [9.17, 15) is 10.5 Å². The van der Waals surface area contributed by atoms with Crippen LogP contribution < -0.4 is 0 Å². The van der Waals surface area contributed by atoms with Crippen molar-refractivity contribution in [2.75, 3.05) is 7.05 Å². The van der Waals surface area contributed by atoms with Gasteiger partial charge >= 0.3 is 0 Å². The number of fused-ring (bicyclic) bond motifs is 3. The molecular formula is C19H17N3. The highest BCUT2D eigenvalue weighted by molar-refractivity contribution is 5.79. The van der Waals surface area contributed by atoms with E-state index >= 15 is 0 Å². The predicted octanol–water partition coefficient (Wildman–Crippen LogP) is 4.05. The molecule has 0 saturated carbocycles. The van der Waals surface area contributed by atoms with E-state index < -0.39 is 12.1 Å². The first-order chi connectivity index (χ1) is 10.6. The lowest BCUT2D eigenvalue weighted by molar-refractivity contribution is 0.254. The van der Waals surface area contributed by atoms with E-state index in [-0.39, 0.29) is 0 Å². The summed E-state index contributed by atoms with van der Waals surface area (Å²) in [4.78, 5) is 1.86. The van der Waals surface area contributed by atoms with Crippen molar-refractivity contribution in [1.82, 2.24) is 4.90 Å². The van der Waals surface area contributed by atoms with Crippen molar-refractivity contribution < 1.29 is 0 Å². The Morgan fingerprint density at radius 1 is 0.818 bits per heavy atom. The summed E-state index contributed by atoms with van der Waals surface area (Å²) >= 11 is 0. The minimum absolute atomic E-state index is 0.425. The molecule has 3 heteroatoms. The monoisotopic (exact) mass is 287 g/mol. The van der Waals surface area contributed by atoms with Gasteiger partial charge in [0.1, 0.15) is 12.1 Å². The molecule has 0 N–H and O–H groups in total. The molecule has 22 heavy (non-hydrogen) atoms. The zero-order valence-electron chi connectivity index (χ0n) is 13.0. The molecule has 0 aliphatic carbocycles. The van der Waals surface area contributed by atoms with Crippen LogP contribution in [0.25, 0.3) is 11.1 Å². The van der Waals surface area contributed by atoms with Crippen molar-refractivity contribution in [3.8, 4) is 23.3 Å². The molecule has 1 aliphatic heterocycles. The van der Waals surface area contributed by atoms with Gasteiger partial charge in [0, 0.05) is 0 Å². The molecule has 2 aromatic carbocycles. The Bertz CT molecular complexity index is 754. The SMILES string of the molecule is Cc1cccc2c1-c1c(C)cccc1[C@H](C#N)N(C)[C@@H]2C#N. The van der Waals surface area contributed by atoms with Gasteiger partial charge in [-0.1, -0.05) is 36.4 Å². The van der Waals surface area contributed by atoms with E-state index in [4.69, 9.17) is 0 Å². The number of aryl methyl sites for hydroxylation is 2. The quantitative estimate of drug-likeness (QED) is 0.734. The van der Waals surface area contributed by atoms with E-state index in [1.165, 1.54) is 0 Å². The second-order valence-electron chi connectivity index (χ2n) is 5.81. The summed E-state index contributed by atoms with van der Waals surface area (Å²) in [6.07, 6.45) is 0. The van der Waals surface area contributed by atoms with Gasteiger partial charge in [0.15, 0.2) is 0 Å². The first-order valence-electron chi connectivity index (χ1n) is 7.30. The number of nitriles is 2. The first kappa shape index (κ1) is 14.3. The molecule has 108 valence electrons. The number of hydrogen-bond donors (Lipinski definition) is 0. The van der Waals surface area contributed by atoms with Gasteiger partial charge in [-0.3, -0.25) is 4.90 Å². The highest BCUT2D eigenvalue weighted by Crippen LogP contribution is 2.45. The Labute approximate surface area is 131 Å². The van der Waals surface area contributed by atoms with E-state index in [1.54, 1.807) is 0 Å². The van der Waals surface area contributed by atoms with Gasteiger partial charge in [0.2, 0.25) is 0 Å². The van der Waals surface area contributed by atoms with Gasteiger partial charge in [-0.25, -0.2) is 0 Å². The Hall–Kier alpha value is -2.62. The lowest BCUT2D eigenvalue weighted by Gasteiger charge is -2.25. The molecule has 0 radical (unpaired) electrons. The second-order valence-corrected chi connectivity index (χ2v) is 5.81. The molecule has 3 nitrogen and oxygen atoms in total. The van der Waals surface area contributed by atoms with Gasteiger partial charge in [0.25, 0.3) is 0 Å². The number of benzene rings is 2. The van der Waals surface area contributed by atoms with Crippen LogP contribution >= 0.6 is 0 Å². The molecule has 0 fully saturated rings. The lowest BCUT2D eigenvalue weighted by Crippen LogP contribution is -2.26.